The van der Waals surface area contributed by atoms with Crippen molar-refractivity contribution in [2.45, 2.75) is 284 Å². The lowest BCUT2D eigenvalue weighted by Crippen LogP contribution is -2.30. The van der Waals surface area contributed by atoms with Crippen molar-refractivity contribution in [1.29, 1.82) is 0 Å². The predicted molar refractivity (Wildman–Crippen MR) is 279 cm³/mol. The molecule has 0 saturated heterocycles. The van der Waals surface area contributed by atoms with Gasteiger partial charge in [-0.05, 0) is 64.2 Å². The van der Waals surface area contributed by atoms with Crippen LogP contribution in [0.2, 0.25) is 0 Å². The number of ether oxygens (including phenoxy) is 3. The molecule has 0 saturated carbocycles. The molecule has 0 heterocycles. The molecular weight excluding hydrogens is 805 g/mol. The lowest BCUT2D eigenvalue weighted by molar-refractivity contribution is -0.167. The number of esters is 3. The lowest BCUT2D eigenvalue weighted by Gasteiger charge is -2.18. The van der Waals surface area contributed by atoms with Gasteiger partial charge in [0.2, 0.25) is 0 Å². The number of allylic oxidation sites excluding steroid dienone is 10. The maximum Gasteiger partial charge on any atom is 0.306 e. The molecule has 0 rings (SSSR count). The highest BCUT2D eigenvalue weighted by atomic mass is 16.6. The van der Waals surface area contributed by atoms with Crippen LogP contribution in [0.1, 0.15) is 278 Å². The maximum atomic E-state index is 12.7. The first-order valence-corrected chi connectivity index (χ1v) is 27.8. The van der Waals surface area contributed by atoms with Gasteiger partial charge in [0, 0.05) is 19.3 Å². The lowest BCUT2D eigenvalue weighted by atomic mass is 10.0. The Morgan fingerprint density at radius 2 is 0.600 bits per heavy atom. The second-order valence-electron chi connectivity index (χ2n) is 18.5. The first kappa shape index (κ1) is 62.1. The fourth-order valence-electron chi connectivity index (χ4n) is 7.88. The van der Waals surface area contributed by atoms with Crippen molar-refractivity contribution in [3.8, 4) is 0 Å². The van der Waals surface area contributed by atoms with Crippen LogP contribution >= 0.6 is 0 Å². The van der Waals surface area contributed by atoms with E-state index in [1.165, 1.54) is 141 Å². The topological polar surface area (TPSA) is 78.9 Å². The Balaban J connectivity index is 3.93. The molecule has 1 atom stereocenters. The molecule has 65 heavy (non-hydrogen) atoms. The summed E-state index contributed by atoms with van der Waals surface area (Å²) in [5.74, 6) is -0.877. The predicted octanol–water partition coefficient (Wildman–Crippen LogP) is 18.4. The van der Waals surface area contributed by atoms with Gasteiger partial charge in [0.1, 0.15) is 13.2 Å². The van der Waals surface area contributed by atoms with Gasteiger partial charge >= 0.3 is 17.9 Å². The largest absolute Gasteiger partial charge is 0.462 e. The molecule has 0 spiro atoms. The van der Waals surface area contributed by atoms with Crippen molar-refractivity contribution in [3.63, 3.8) is 0 Å². The summed E-state index contributed by atoms with van der Waals surface area (Å²) < 4.78 is 16.7. The van der Waals surface area contributed by atoms with Gasteiger partial charge in [-0.25, -0.2) is 0 Å². The second kappa shape index (κ2) is 53.7. The second-order valence-corrected chi connectivity index (χ2v) is 18.5. The molecular formula is C59H104O6. The number of hydrogen-bond donors (Lipinski definition) is 0. The standard InChI is InChI=1S/C59H104O6/c1-4-7-10-13-15-17-19-20-21-22-23-24-25-26-27-28-29-30-31-32-33-34-35-36-37-38-40-41-43-46-49-52-58(61)64-55-56(54-63-57(60)51-48-45-12-9-6-3)65-59(62)53-50-47-44-42-39-18-16-14-11-8-5-2/h7,10,15,17,20-21,23-24,26-27,56H,4-6,8-9,11-14,16,18-19,22,25,28-55H2,1-3H3/b10-7-,17-15-,21-20-,24-23-,27-26-. The first-order valence-electron chi connectivity index (χ1n) is 27.8. The Labute approximate surface area is 402 Å². The van der Waals surface area contributed by atoms with E-state index in [1.54, 1.807) is 0 Å². The van der Waals surface area contributed by atoms with Gasteiger partial charge < -0.3 is 14.2 Å². The van der Waals surface area contributed by atoms with Crippen LogP contribution in [0.25, 0.3) is 0 Å². The SMILES string of the molecule is CC/C=C\C/C=C\C/C=C\C/C=C\C/C=C\CCCCCCCCCCCCCCCCCC(=O)OCC(COC(=O)CCCCCCC)OC(=O)CCCCCCCCCCCCC. The van der Waals surface area contributed by atoms with Crippen molar-refractivity contribution >= 4 is 17.9 Å². The molecule has 0 aliphatic rings. The van der Waals surface area contributed by atoms with Crippen LogP contribution in [0.15, 0.2) is 60.8 Å². The van der Waals surface area contributed by atoms with Crippen molar-refractivity contribution < 1.29 is 28.6 Å². The zero-order valence-corrected chi connectivity index (χ0v) is 43.0. The Bertz CT molecular complexity index is 1180. The Kier molecular flexibility index (Phi) is 51.3. The van der Waals surface area contributed by atoms with E-state index < -0.39 is 6.10 Å². The summed E-state index contributed by atoms with van der Waals surface area (Å²) in [7, 11) is 0. The van der Waals surface area contributed by atoms with E-state index in [4.69, 9.17) is 14.2 Å². The normalized spacial score (nSPS) is 12.5. The molecule has 1 unspecified atom stereocenters. The fraction of sp³-hybridized carbons (Fsp3) is 0.780. The average molecular weight is 909 g/mol. The first-order chi connectivity index (χ1) is 32.0. The van der Waals surface area contributed by atoms with E-state index in [0.717, 1.165) is 96.3 Å². The van der Waals surface area contributed by atoms with Crippen LogP contribution in [0.5, 0.6) is 0 Å². The Morgan fingerprint density at radius 1 is 0.323 bits per heavy atom. The molecule has 0 aromatic heterocycles. The van der Waals surface area contributed by atoms with Crippen LogP contribution in [-0.4, -0.2) is 37.2 Å². The molecule has 0 aromatic carbocycles. The zero-order valence-electron chi connectivity index (χ0n) is 43.0. The van der Waals surface area contributed by atoms with Crippen molar-refractivity contribution in [1.82, 2.24) is 0 Å². The molecule has 0 amide bonds. The summed E-state index contributed by atoms with van der Waals surface area (Å²) >= 11 is 0. The van der Waals surface area contributed by atoms with Crippen molar-refractivity contribution in [2.24, 2.45) is 0 Å². The van der Waals surface area contributed by atoms with E-state index in [9.17, 15) is 14.4 Å². The third-order valence-electron chi connectivity index (χ3n) is 12.0. The van der Waals surface area contributed by atoms with Crippen LogP contribution in [-0.2, 0) is 28.6 Å². The molecule has 0 fully saturated rings. The van der Waals surface area contributed by atoms with Gasteiger partial charge in [-0.2, -0.15) is 0 Å². The van der Waals surface area contributed by atoms with Crippen LogP contribution in [0, 0.1) is 0 Å². The molecule has 6 heteroatoms. The number of rotatable bonds is 50. The van der Waals surface area contributed by atoms with E-state index >= 15 is 0 Å². The monoisotopic (exact) mass is 909 g/mol. The maximum absolute atomic E-state index is 12.7. The summed E-state index contributed by atoms with van der Waals surface area (Å²) in [6.07, 6.45) is 67.0. The average Bonchev–Trinajstić information content (AvgIpc) is 3.30. The molecule has 6 nitrogen and oxygen atoms in total. The van der Waals surface area contributed by atoms with E-state index in [1.807, 2.05) is 0 Å². The van der Waals surface area contributed by atoms with E-state index in [-0.39, 0.29) is 31.1 Å². The quantitative estimate of drug-likeness (QED) is 0.0262. The molecule has 0 N–H and O–H groups in total. The molecule has 0 aromatic rings. The van der Waals surface area contributed by atoms with E-state index in [0.29, 0.717) is 19.3 Å². The minimum Gasteiger partial charge on any atom is -0.462 e. The van der Waals surface area contributed by atoms with Gasteiger partial charge in [-0.1, -0.05) is 255 Å². The molecule has 0 radical (unpaired) electrons. The minimum atomic E-state index is -0.764. The van der Waals surface area contributed by atoms with Crippen molar-refractivity contribution in [2.75, 3.05) is 13.2 Å². The van der Waals surface area contributed by atoms with Gasteiger partial charge in [-0.3, -0.25) is 14.4 Å². The summed E-state index contributed by atoms with van der Waals surface area (Å²) in [6.45, 7) is 6.45. The third kappa shape index (κ3) is 51.9. The Morgan fingerprint density at radius 3 is 0.938 bits per heavy atom. The Hall–Kier alpha value is -2.89. The number of carbonyl (C=O) groups is 3. The number of unbranched alkanes of at least 4 members (excludes halogenated alkanes) is 29. The minimum absolute atomic E-state index is 0.0704. The highest BCUT2D eigenvalue weighted by Crippen LogP contribution is 2.16. The fourth-order valence-corrected chi connectivity index (χ4v) is 7.88. The van der Waals surface area contributed by atoms with Crippen LogP contribution in [0.3, 0.4) is 0 Å². The van der Waals surface area contributed by atoms with Crippen molar-refractivity contribution in [3.05, 3.63) is 60.8 Å². The summed E-state index contributed by atoms with van der Waals surface area (Å²) in [4.78, 5) is 37.6. The van der Waals surface area contributed by atoms with Gasteiger partial charge in [0.05, 0.1) is 0 Å². The van der Waals surface area contributed by atoms with Gasteiger partial charge in [0.25, 0.3) is 0 Å². The zero-order chi connectivity index (χ0) is 47.2. The molecule has 0 aliphatic carbocycles. The summed E-state index contributed by atoms with van der Waals surface area (Å²) in [5, 5.41) is 0. The van der Waals surface area contributed by atoms with Crippen LogP contribution < -0.4 is 0 Å². The highest BCUT2D eigenvalue weighted by molar-refractivity contribution is 5.71. The van der Waals surface area contributed by atoms with Crippen LogP contribution in [0.4, 0.5) is 0 Å². The molecule has 0 bridgehead atoms. The van der Waals surface area contributed by atoms with Gasteiger partial charge in [-0.15, -0.1) is 0 Å². The molecule has 376 valence electrons. The number of hydrogen-bond acceptors (Lipinski definition) is 6. The smallest absolute Gasteiger partial charge is 0.306 e. The number of carbonyl (C=O) groups excluding carboxylic acids is 3. The highest BCUT2D eigenvalue weighted by Gasteiger charge is 2.19. The third-order valence-corrected chi connectivity index (χ3v) is 12.0. The van der Waals surface area contributed by atoms with Gasteiger partial charge in [0.15, 0.2) is 6.10 Å². The van der Waals surface area contributed by atoms with E-state index in [2.05, 4.69) is 81.5 Å². The molecule has 0 aliphatic heterocycles. The summed E-state index contributed by atoms with van der Waals surface area (Å²) in [5.41, 5.74) is 0. The summed E-state index contributed by atoms with van der Waals surface area (Å²) in [6, 6.07) is 0.